The van der Waals surface area contributed by atoms with Gasteiger partial charge < -0.3 is 10.2 Å². The first kappa shape index (κ1) is 18.8. The normalized spacial score (nSPS) is 15.2. The van der Waals surface area contributed by atoms with Gasteiger partial charge in [0.1, 0.15) is 10.0 Å². The van der Waals surface area contributed by atoms with E-state index in [1.165, 1.54) is 32.4 Å². The fourth-order valence-corrected chi connectivity index (χ4v) is 5.15. The number of carbonyl (C=O) groups is 1. The molecule has 26 heavy (non-hydrogen) atoms. The number of aromatic nitrogens is 1. The molecule has 2 aromatic rings. The Morgan fingerprint density at radius 3 is 2.65 bits per heavy atom. The molecule has 3 heterocycles. The number of nitrogens with one attached hydrogen (secondary N) is 1. The Morgan fingerprint density at radius 1 is 1.27 bits per heavy atom. The predicted octanol–water partition coefficient (Wildman–Crippen LogP) is 2.39. The number of thiophene rings is 1. The second kappa shape index (κ2) is 8.15. The maximum Gasteiger partial charge on any atom is 0.252 e. The number of hydrogen-bond donors (Lipinski definition) is 1. The molecule has 9 heteroatoms. The molecule has 0 aromatic carbocycles. The third-order valence-corrected chi connectivity index (χ3v) is 7.41. The molecular weight excluding hydrogens is 372 g/mol. The third-order valence-electron chi connectivity index (χ3n) is 4.24. The maximum absolute atomic E-state index is 12.3. The summed E-state index contributed by atoms with van der Waals surface area (Å²) in [5.41, 5.74) is 0.553. The average Bonchev–Trinajstić information content (AvgIpc) is 3.18. The summed E-state index contributed by atoms with van der Waals surface area (Å²) in [5, 5.41) is 4.39. The van der Waals surface area contributed by atoms with E-state index in [-0.39, 0.29) is 10.8 Å². The van der Waals surface area contributed by atoms with Gasteiger partial charge >= 0.3 is 0 Å². The fraction of sp³-hybridized carbons (Fsp3) is 0.412. The van der Waals surface area contributed by atoms with Crippen LogP contribution in [-0.2, 0) is 14.8 Å². The molecule has 2 aromatic heterocycles. The molecule has 0 aliphatic carbocycles. The lowest BCUT2D eigenvalue weighted by Crippen LogP contribution is -2.34. The monoisotopic (exact) mass is 394 g/mol. The van der Waals surface area contributed by atoms with Crippen molar-refractivity contribution in [2.75, 3.05) is 36.9 Å². The summed E-state index contributed by atoms with van der Waals surface area (Å²) in [4.78, 5) is 18.8. The first-order valence-electron chi connectivity index (χ1n) is 8.47. The Morgan fingerprint density at radius 2 is 2.04 bits per heavy atom. The summed E-state index contributed by atoms with van der Waals surface area (Å²) < 4.78 is 25.9. The lowest BCUT2D eigenvalue weighted by atomic mass is 10.1. The minimum atomic E-state index is -3.64. The van der Waals surface area contributed by atoms with Gasteiger partial charge in [0.15, 0.2) is 0 Å². The van der Waals surface area contributed by atoms with E-state index >= 15 is 0 Å². The van der Waals surface area contributed by atoms with Crippen LogP contribution in [0.4, 0.5) is 11.5 Å². The zero-order valence-electron chi connectivity index (χ0n) is 14.6. The van der Waals surface area contributed by atoms with Crippen molar-refractivity contribution in [1.29, 1.82) is 0 Å². The van der Waals surface area contributed by atoms with E-state index in [1.807, 2.05) is 6.07 Å². The number of anilines is 2. The van der Waals surface area contributed by atoms with E-state index in [0.29, 0.717) is 5.69 Å². The molecular formula is C17H22N4O3S2. The SMILES string of the molecule is CN(CC(=O)Nc1ccc(N2CCCCC2)nc1)S(=O)(=O)c1cccs1. The highest BCUT2D eigenvalue weighted by Gasteiger charge is 2.23. The number of rotatable bonds is 6. The molecule has 1 aliphatic heterocycles. The van der Waals surface area contributed by atoms with Gasteiger partial charge in [0.25, 0.3) is 10.0 Å². The molecule has 1 fully saturated rings. The van der Waals surface area contributed by atoms with Crippen LogP contribution in [0.3, 0.4) is 0 Å². The topological polar surface area (TPSA) is 82.6 Å². The Bertz CT molecular complexity index is 829. The van der Waals surface area contributed by atoms with Crippen molar-refractivity contribution in [3.05, 3.63) is 35.8 Å². The van der Waals surface area contributed by atoms with E-state index in [1.54, 1.807) is 23.7 Å². The van der Waals surface area contributed by atoms with Crippen molar-refractivity contribution >= 4 is 38.8 Å². The van der Waals surface area contributed by atoms with Crippen LogP contribution in [-0.4, -0.2) is 50.3 Å². The van der Waals surface area contributed by atoms with Gasteiger partial charge in [-0.2, -0.15) is 4.31 Å². The summed E-state index contributed by atoms with van der Waals surface area (Å²) >= 11 is 1.13. The molecule has 0 radical (unpaired) electrons. The molecule has 0 atom stereocenters. The molecule has 3 rings (SSSR count). The first-order valence-corrected chi connectivity index (χ1v) is 10.8. The van der Waals surface area contributed by atoms with E-state index in [0.717, 1.165) is 34.5 Å². The number of amides is 1. The lowest BCUT2D eigenvalue weighted by Gasteiger charge is -2.27. The summed E-state index contributed by atoms with van der Waals surface area (Å²) in [5.74, 6) is 0.500. The number of piperidine rings is 1. The summed E-state index contributed by atoms with van der Waals surface area (Å²) in [7, 11) is -2.24. The van der Waals surface area contributed by atoms with Crippen LogP contribution in [0.2, 0.25) is 0 Å². The zero-order valence-corrected chi connectivity index (χ0v) is 16.2. The number of sulfonamides is 1. The molecule has 0 spiro atoms. The van der Waals surface area contributed by atoms with Crippen molar-refractivity contribution in [3.63, 3.8) is 0 Å². The van der Waals surface area contributed by atoms with E-state index in [4.69, 9.17) is 0 Å². The maximum atomic E-state index is 12.3. The van der Waals surface area contributed by atoms with Gasteiger partial charge in [0, 0.05) is 20.1 Å². The molecule has 1 amide bonds. The number of carbonyl (C=O) groups excluding carboxylic acids is 1. The van der Waals surface area contributed by atoms with E-state index < -0.39 is 15.9 Å². The standard InChI is InChI=1S/C17H22N4O3S2/c1-20(26(23,24)17-6-5-11-25-17)13-16(22)19-14-7-8-15(18-12-14)21-9-3-2-4-10-21/h5-8,11-12H,2-4,9-10,13H2,1H3,(H,19,22). The van der Waals surface area contributed by atoms with Crippen LogP contribution in [0.15, 0.2) is 40.1 Å². The highest BCUT2D eigenvalue weighted by Crippen LogP contribution is 2.21. The van der Waals surface area contributed by atoms with Crippen molar-refractivity contribution in [3.8, 4) is 0 Å². The van der Waals surface area contributed by atoms with Gasteiger partial charge in [0.2, 0.25) is 5.91 Å². The highest BCUT2D eigenvalue weighted by molar-refractivity contribution is 7.91. The molecule has 1 aliphatic rings. The largest absolute Gasteiger partial charge is 0.357 e. The van der Waals surface area contributed by atoms with Crippen molar-refractivity contribution in [2.24, 2.45) is 0 Å². The number of pyridine rings is 1. The first-order chi connectivity index (χ1) is 12.5. The van der Waals surface area contributed by atoms with E-state index in [2.05, 4.69) is 15.2 Å². The van der Waals surface area contributed by atoms with E-state index in [9.17, 15) is 13.2 Å². The summed E-state index contributed by atoms with van der Waals surface area (Å²) in [6.45, 7) is 1.75. The van der Waals surface area contributed by atoms with Gasteiger partial charge in [-0.15, -0.1) is 11.3 Å². The van der Waals surface area contributed by atoms with Crippen molar-refractivity contribution < 1.29 is 13.2 Å². The fourth-order valence-electron chi connectivity index (χ4n) is 2.82. The Labute approximate surface area is 157 Å². The second-order valence-electron chi connectivity index (χ2n) is 6.19. The number of likely N-dealkylation sites (N-methyl/N-ethyl adjacent to an activating group) is 1. The minimum Gasteiger partial charge on any atom is -0.357 e. The van der Waals surface area contributed by atoms with Crippen molar-refractivity contribution in [1.82, 2.24) is 9.29 Å². The molecule has 1 saturated heterocycles. The van der Waals surface area contributed by atoms with Gasteiger partial charge in [-0.25, -0.2) is 13.4 Å². The lowest BCUT2D eigenvalue weighted by molar-refractivity contribution is -0.116. The minimum absolute atomic E-state index is 0.223. The molecule has 0 bridgehead atoms. The van der Waals surface area contributed by atoms with Gasteiger partial charge in [-0.3, -0.25) is 4.79 Å². The highest BCUT2D eigenvalue weighted by atomic mass is 32.2. The van der Waals surface area contributed by atoms with Crippen LogP contribution < -0.4 is 10.2 Å². The average molecular weight is 395 g/mol. The van der Waals surface area contributed by atoms with Crippen LogP contribution in [0.1, 0.15) is 19.3 Å². The Hall–Kier alpha value is -1.97. The zero-order chi connectivity index (χ0) is 18.6. The number of hydrogen-bond acceptors (Lipinski definition) is 6. The second-order valence-corrected chi connectivity index (χ2v) is 9.41. The Balaban J connectivity index is 1.57. The molecule has 140 valence electrons. The van der Waals surface area contributed by atoms with Crippen LogP contribution >= 0.6 is 11.3 Å². The predicted molar refractivity (Wildman–Crippen MR) is 103 cm³/mol. The molecule has 0 unspecified atom stereocenters. The van der Waals surface area contributed by atoms with Gasteiger partial charge in [0.05, 0.1) is 18.4 Å². The van der Waals surface area contributed by atoms with Gasteiger partial charge in [-0.1, -0.05) is 6.07 Å². The van der Waals surface area contributed by atoms with Crippen molar-refractivity contribution in [2.45, 2.75) is 23.5 Å². The third kappa shape index (κ3) is 4.40. The van der Waals surface area contributed by atoms with Crippen LogP contribution in [0.5, 0.6) is 0 Å². The summed E-state index contributed by atoms with van der Waals surface area (Å²) in [6.07, 6.45) is 5.21. The quantitative estimate of drug-likeness (QED) is 0.813. The van der Waals surface area contributed by atoms with Gasteiger partial charge in [-0.05, 0) is 42.8 Å². The summed E-state index contributed by atoms with van der Waals surface area (Å²) in [6, 6.07) is 6.87. The Kier molecular flexibility index (Phi) is 5.90. The smallest absolute Gasteiger partial charge is 0.252 e. The van der Waals surface area contributed by atoms with Crippen LogP contribution in [0.25, 0.3) is 0 Å². The molecule has 0 saturated carbocycles. The molecule has 7 nitrogen and oxygen atoms in total. The molecule has 1 N–H and O–H groups in total. The number of nitrogens with zero attached hydrogens (tertiary/aromatic N) is 3. The van der Waals surface area contributed by atoms with Crippen LogP contribution in [0, 0.1) is 0 Å².